The van der Waals surface area contributed by atoms with E-state index in [-0.39, 0.29) is 18.7 Å². The van der Waals surface area contributed by atoms with Gasteiger partial charge in [0.25, 0.3) is 11.7 Å². The molecule has 0 radical (unpaired) electrons. The zero-order chi connectivity index (χ0) is 23.4. The van der Waals surface area contributed by atoms with Crippen LogP contribution in [0.2, 0.25) is 0 Å². The summed E-state index contributed by atoms with van der Waals surface area (Å²) in [5.74, 6) is -0.950. The number of piperazine rings is 1. The van der Waals surface area contributed by atoms with Gasteiger partial charge in [-0.15, -0.1) is 0 Å². The van der Waals surface area contributed by atoms with E-state index in [1.807, 2.05) is 6.92 Å². The number of ketones is 1. The Balaban J connectivity index is 1.56. The first-order chi connectivity index (χ1) is 16.0. The van der Waals surface area contributed by atoms with Gasteiger partial charge in [0.1, 0.15) is 17.1 Å². The summed E-state index contributed by atoms with van der Waals surface area (Å²) in [7, 11) is 1.47. The number of ether oxygens (including phenoxy) is 2. The van der Waals surface area contributed by atoms with Gasteiger partial charge in [-0.25, -0.2) is 9.78 Å². The number of Topliss-reactive ketones (excluding diaryl/α,β-unsaturated/α-hetero) is 1. The molecule has 0 aliphatic carbocycles. The molecule has 0 bridgehead atoms. The molecular formula is C22H24N6O5. The third kappa shape index (κ3) is 4.34. The summed E-state index contributed by atoms with van der Waals surface area (Å²) in [6.45, 7) is 3.38. The number of rotatable bonds is 6. The zero-order valence-electron chi connectivity index (χ0n) is 18.4. The SMILES string of the molecule is CCCOC(=O)N1CCN(C(=O)C(=O)c2c[nH]c3c(-c4cnccn4)ncc(OC)c23)CC1. The summed E-state index contributed by atoms with van der Waals surface area (Å²) in [5.41, 5.74) is 1.71. The van der Waals surface area contributed by atoms with E-state index in [1.165, 1.54) is 29.3 Å². The maximum atomic E-state index is 13.2. The third-order valence-corrected chi connectivity index (χ3v) is 5.39. The number of aromatic nitrogens is 4. The number of nitrogens with zero attached hydrogens (tertiary/aromatic N) is 5. The molecular weight excluding hydrogens is 428 g/mol. The summed E-state index contributed by atoms with van der Waals surface area (Å²) in [6, 6.07) is 0. The van der Waals surface area contributed by atoms with Crippen LogP contribution < -0.4 is 4.74 Å². The van der Waals surface area contributed by atoms with Gasteiger partial charge in [-0.1, -0.05) is 6.92 Å². The van der Waals surface area contributed by atoms with E-state index in [4.69, 9.17) is 9.47 Å². The molecule has 0 spiro atoms. The van der Waals surface area contributed by atoms with Crippen LogP contribution >= 0.6 is 0 Å². The van der Waals surface area contributed by atoms with Gasteiger partial charge in [0, 0.05) is 44.8 Å². The first-order valence-corrected chi connectivity index (χ1v) is 10.6. The van der Waals surface area contributed by atoms with Gasteiger partial charge in [0.05, 0.1) is 42.6 Å². The number of carbonyl (C=O) groups excluding carboxylic acids is 3. The van der Waals surface area contributed by atoms with E-state index in [0.717, 1.165) is 6.42 Å². The first kappa shape index (κ1) is 22.2. The highest BCUT2D eigenvalue weighted by atomic mass is 16.6. The largest absolute Gasteiger partial charge is 0.494 e. The maximum absolute atomic E-state index is 13.2. The van der Waals surface area contributed by atoms with Crippen molar-refractivity contribution in [2.24, 2.45) is 0 Å². The van der Waals surface area contributed by atoms with Crippen LogP contribution in [0.15, 0.2) is 31.0 Å². The van der Waals surface area contributed by atoms with Crippen LogP contribution in [0.4, 0.5) is 4.79 Å². The number of fused-ring (bicyclic) bond motifs is 1. The highest BCUT2D eigenvalue weighted by Gasteiger charge is 2.31. The topological polar surface area (TPSA) is 131 Å². The van der Waals surface area contributed by atoms with Gasteiger partial charge in [0.15, 0.2) is 0 Å². The second-order valence-corrected chi connectivity index (χ2v) is 7.44. The van der Waals surface area contributed by atoms with E-state index in [0.29, 0.717) is 47.7 Å². The molecule has 0 aromatic carbocycles. The predicted molar refractivity (Wildman–Crippen MR) is 118 cm³/mol. The number of pyridine rings is 1. The molecule has 33 heavy (non-hydrogen) atoms. The third-order valence-electron chi connectivity index (χ3n) is 5.39. The van der Waals surface area contributed by atoms with Gasteiger partial charge in [0.2, 0.25) is 0 Å². The minimum Gasteiger partial charge on any atom is -0.494 e. The van der Waals surface area contributed by atoms with Crippen molar-refractivity contribution in [3.8, 4) is 17.1 Å². The molecule has 0 atom stereocenters. The number of hydrogen-bond donors (Lipinski definition) is 1. The Morgan fingerprint density at radius 2 is 1.82 bits per heavy atom. The van der Waals surface area contributed by atoms with Crippen molar-refractivity contribution in [2.75, 3.05) is 39.9 Å². The smallest absolute Gasteiger partial charge is 0.409 e. The monoisotopic (exact) mass is 452 g/mol. The lowest BCUT2D eigenvalue weighted by Crippen LogP contribution is -2.52. The number of methoxy groups -OCH3 is 1. The molecule has 1 N–H and O–H groups in total. The van der Waals surface area contributed by atoms with Crippen LogP contribution in [0.3, 0.4) is 0 Å². The second kappa shape index (κ2) is 9.63. The molecule has 1 aliphatic rings. The van der Waals surface area contributed by atoms with Gasteiger partial charge < -0.3 is 24.3 Å². The van der Waals surface area contributed by atoms with Crippen molar-refractivity contribution in [3.63, 3.8) is 0 Å². The Hall–Kier alpha value is -4.02. The first-order valence-electron chi connectivity index (χ1n) is 10.6. The summed E-state index contributed by atoms with van der Waals surface area (Å²) in [6.07, 6.45) is 7.96. The molecule has 1 saturated heterocycles. The molecule has 2 amide bonds. The molecule has 1 fully saturated rings. The van der Waals surface area contributed by atoms with Crippen molar-refractivity contribution in [2.45, 2.75) is 13.3 Å². The lowest BCUT2D eigenvalue weighted by Gasteiger charge is -2.33. The average Bonchev–Trinajstić information content (AvgIpc) is 3.32. The highest BCUT2D eigenvalue weighted by Crippen LogP contribution is 2.34. The lowest BCUT2D eigenvalue weighted by atomic mass is 10.1. The Bertz CT molecular complexity index is 1170. The quantitative estimate of drug-likeness (QED) is 0.443. The fraction of sp³-hybridized carbons (Fsp3) is 0.364. The molecule has 4 rings (SSSR count). The fourth-order valence-corrected chi connectivity index (χ4v) is 3.70. The predicted octanol–water partition coefficient (Wildman–Crippen LogP) is 1.90. The van der Waals surface area contributed by atoms with E-state index in [2.05, 4.69) is 19.9 Å². The Labute approximate surface area is 189 Å². The molecule has 0 saturated carbocycles. The van der Waals surface area contributed by atoms with Gasteiger partial charge in [-0.3, -0.25) is 19.6 Å². The normalized spacial score (nSPS) is 13.8. The average molecular weight is 452 g/mol. The van der Waals surface area contributed by atoms with Crippen LogP contribution in [0, 0.1) is 0 Å². The van der Waals surface area contributed by atoms with Crippen molar-refractivity contribution < 1.29 is 23.9 Å². The molecule has 172 valence electrons. The van der Waals surface area contributed by atoms with Gasteiger partial charge in [-0.2, -0.15) is 0 Å². The van der Waals surface area contributed by atoms with Crippen LogP contribution in [-0.2, 0) is 9.53 Å². The van der Waals surface area contributed by atoms with E-state index in [9.17, 15) is 14.4 Å². The van der Waals surface area contributed by atoms with E-state index >= 15 is 0 Å². The van der Waals surface area contributed by atoms with Crippen LogP contribution in [-0.4, -0.2) is 87.4 Å². The second-order valence-electron chi connectivity index (χ2n) is 7.44. The van der Waals surface area contributed by atoms with Crippen LogP contribution in [0.1, 0.15) is 23.7 Å². The summed E-state index contributed by atoms with van der Waals surface area (Å²) in [5, 5.41) is 0.452. The van der Waals surface area contributed by atoms with Crippen molar-refractivity contribution in [1.29, 1.82) is 0 Å². The Morgan fingerprint density at radius 1 is 1.06 bits per heavy atom. The molecule has 4 heterocycles. The standard InChI is InChI=1S/C22H24N6O5/c1-3-10-33-22(31)28-8-6-27(7-9-28)21(30)20(29)14-11-25-19-17(14)16(32-2)13-26-18(19)15-12-23-4-5-24-15/h4-5,11-13,25H,3,6-10H2,1-2H3. The Morgan fingerprint density at radius 3 is 2.48 bits per heavy atom. The molecule has 0 unspecified atom stereocenters. The summed E-state index contributed by atoms with van der Waals surface area (Å²) >= 11 is 0. The maximum Gasteiger partial charge on any atom is 0.409 e. The molecule has 3 aromatic heterocycles. The number of amides is 2. The fourth-order valence-electron chi connectivity index (χ4n) is 3.70. The zero-order valence-corrected chi connectivity index (χ0v) is 18.4. The summed E-state index contributed by atoms with van der Waals surface area (Å²) < 4.78 is 10.5. The van der Waals surface area contributed by atoms with Crippen molar-refractivity contribution in [3.05, 3.63) is 36.5 Å². The number of aromatic amines is 1. The number of carbonyl (C=O) groups is 3. The highest BCUT2D eigenvalue weighted by molar-refractivity contribution is 6.45. The number of H-pyrrole nitrogens is 1. The van der Waals surface area contributed by atoms with Crippen LogP contribution in [0.25, 0.3) is 22.3 Å². The number of nitrogens with one attached hydrogen (secondary N) is 1. The van der Waals surface area contributed by atoms with E-state index < -0.39 is 17.8 Å². The molecule has 11 nitrogen and oxygen atoms in total. The molecule has 3 aromatic rings. The lowest BCUT2D eigenvalue weighted by molar-refractivity contribution is -0.128. The molecule has 11 heteroatoms. The van der Waals surface area contributed by atoms with Crippen molar-refractivity contribution >= 4 is 28.7 Å². The minimum atomic E-state index is -0.669. The number of hydrogen-bond acceptors (Lipinski definition) is 8. The summed E-state index contributed by atoms with van der Waals surface area (Å²) in [4.78, 5) is 56.9. The van der Waals surface area contributed by atoms with Gasteiger partial charge >= 0.3 is 6.09 Å². The van der Waals surface area contributed by atoms with E-state index in [1.54, 1.807) is 18.6 Å². The van der Waals surface area contributed by atoms with Crippen molar-refractivity contribution in [1.82, 2.24) is 29.7 Å². The Kier molecular flexibility index (Phi) is 6.48. The van der Waals surface area contributed by atoms with Crippen LogP contribution in [0.5, 0.6) is 5.75 Å². The molecule has 1 aliphatic heterocycles. The minimum absolute atomic E-state index is 0.184. The van der Waals surface area contributed by atoms with Gasteiger partial charge in [-0.05, 0) is 6.42 Å².